The van der Waals surface area contributed by atoms with Gasteiger partial charge in [0.05, 0.1) is 5.02 Å². The topological polar surface area (TPSA) is 35.2 Å². The second-order valence-electron chi connectivity index (χ2n) is 4.89. The lowest BCUT2D eigenvalue weighted by atomic mass is 10.0. The van der Waals surface area contributed by atoms with Crippen LogP contribution in [0.15, 0.2) is 42.5 Å². The van der Waals surface area contributed by atoms with Crippen molar-refractivity contribution in [1.29, 1.82) is 0 Å². The molecule has 0 saturated heterocycles. The average Bonchev–Trinajstić information content (AvgIpc) is 2.37. The minimum atomic E-state index is -0.393. The van der Waals surface area contributed by atoms with E-state index in [1.165, 1.54) is 18.2 Å². The molecule has 0 aliphatic carbocycles. The highest BCUT2D eigenvalue weighted by molar-refractivity contribution is 6.32. The molecule has 0 aromatic heterocycles. The summed E-state index contributed by atoms with van der Waals surface area (Å²) < 4.78 is 18.9. The van der Waals surface area contributed by atoms with Gasteiger partial charge >= 0.3 is 0 Å². The SMILES string of the molecule is Cc1cccc(C(Oc2ccc(F)cc2Cl)C(C)N)c1. The molecule has 2 N–H and O–H groups in total. The van der Waals surface area contributed by atoms with E-state index in [0.29, 0.717) is 5.75 Å². The molecule has 0 amide bonds. The molecule has 0 saturated carbocycles. The van der Waals surface area contributed by atoms with Crippen LogP contribution in [0.3, 0.4) is 0 Å². The van der Waals surface area contributed by atoms with Gasteiger partial charge in [-0.3, -0.25) is 0 Å². The molecule has 2 aromatic carbocycles. The molecule has 0 fully saturated rings. The van der Waals surface area contributed by atoms with Crippen LogP contribution >= 0.6 is 11.6 Å². The Morgan fingerprint density at radius 3 is 2.55 bits per heavy atom. The van der Waals surface area contributed by atoms with E-state index in [0.717, 1.165) is 11.1 Å². The zero-order valence-electron chi connectivity index (χ0n) is 11.4. The molecule has 0 aliphatic heterocycles. The summed E-state index contributed by atoms with van der Waals surface area (Å²) in [5.41, 5.74) is 8.10. The molecule has 2 atom stereocenters. The first kappa shape index (κ1) is 14.8. The van der Waals surface area contributed by atoms with Crippen LogP contribution in [0.5, 0.6) is 5.75 Å². The molecule has 106 valence electrons. The third kappa shape index (κ3) is 3.50. The van der Waals surface area contributed by atoms with Gasteiger partial charge in [-0.1, -0.05) is 41.4 Å². The maximum Gasteiger partial charge on any atom is 0.139 e. The summed E-state index contributed by atoms with van der Waals surface area (Å²) in [7, 11) is 0. The van der Waals surface area contributed by atoms with Gasteiger partial charge < -0.3 is 10.5 Å². The number of hydrogen-bond donors (Lipinski definition) is 1. The van der Waals surface area contributed by atoms with Crippen molar-refractivity contribution in [3.8, 4) is 5.75 Å². The number of rotatable bonds is 4. The summed E-state index contributed by atoms with van der Waals surface area (Å²) in [6.45, 7) is 3.87. The second kappa shape index (κ2) is 6.25. The lowest BCUT2D eigenvalue weighted by molar-refractivity contribution is 0.180. The number of ether oxygens (including phenoxy) is 1. The van der Waals surface area contributed by atoms with Crippen molar-refractivity contribution < 1.29 is 9.13 Å². The Hall–Kier alpha value is -1.58. The fraction of sp³-hybridized carbons (Fsp3) is 0.250. The lowest BCUT2D eigenvalue weighted by Crippen LogP contribution is -2.29. The molecule has 4 heteroatoms. The molecule has 0 spiro atoms. The van der Waals surface area contributed by atoms with Crippen molar-refractivity contribution in [3.63, 3.8) is 0 Å². The summed E-state index contributed by atoms with van der Waals surface area (Å²) in [5, 5.41) is 0.239. The number of aryl methyl sites for hydroxylation is 1. The molecule has 0 bridgehead atoms. The van der Waals surface area contributed by atoms with E-state index >= 15 is 0 Å². The summed E-state index contributed by atoms with van der Waals surface area (Å²) in [6, 6.07) is 11.8. The van der Waals surface area contributed by atoms with Crippen LogP contribution in [-0.4, -0.2) is 6.04 Å². The zero-order chi connectivity index (χ0) is 14.7. The van der Waals surface area contributed by atoms with Crippen LogP contribution in [0.2, 0.25) is 5.02 Å². The summed E-state index contributed by atoms with van der Waals surface area (Å²) in [4.78, 5) is 0. The zero-order valence-corrected chi connectivity index (χ0v) is 12.2. The van der Waals surface area contributed by atoms with E-state index in [4.69, 9.17) is 22.1 Å². The van der Waals surface area contributed by atoms with Crippen molar-refractivity contribution in [2.24, 2.45) is 5.73 Å². The van der Waals surface area contributed by atoms with Gasteiger partial charge in [-0.05, 0) is 37.6 Å². The maximum absolute atomic E-state index is 13.1. The molecular formula is C16H17ClFNO. The normalized spacial score (nSPS) is 13.8. The van der Waals surface area contributed by atoms with Crippen LogP contribution in [0, 0.1) is 12.7 Å². The smallest absolute Gasteiger partial charge is 0.139 e. The molecule has 20 heavy (non-hydrogen) atoms. The fourth-order valence-electron chi connectivity index (χ4n) is 2.03. The van der Waals surface area contributed by atoms with Gasteiger partial charge in [0, 0.05) is 6.04 Å². The molecule has 0 radical (unpaired) electrons. The minimum absolute atomic E-state index is 0.224. The van der Waals surface area contributed by atoms with E-state index in [2.05, 4.69) is 0 Å². The van der Waals surface area contributed by atoms with E-state index < -0.39 is 5.82 Å². The van der Waals surface area contributed by atoms with Crippen LogP contribution in [-0.2, 0) is 0 Å². The lowest BCUT2D eigenvalue weighted by Gasteiger charge is -2.24. The van der Waals surface area contributed by atoms with Crippen molar-refractivity contribution in [3.05, 3.63) is 64.4 Å². The average molecular weight is 294 g/mol. The van der Waals surface area contributed by atoms with E-state index in [9.17, 15) is 4.39 Å². The Morgan fingerprint density at radius 2 is 1.95 bits per heavy atom. The summed E-state index contributed by atoms with van der Waals surface area (Å²) >= 11 is 5.99. The summed E-state index contributed by atoms with van der Waals surface area (Å²) in [5.74, 6) is 0.0344. The van der Waals surface area contributed by atoms with Crippen LogP contribution < -0.4 is 10.5 Å². The molecular weight excluding hydrogens is 277 g/mol. The van der Waals surface area contributed by atoms with Crippen molar-refractivity contribution in [2.45, 2.75) is 26.0 Å². The maximum atomic E-state index is 13.1. The predicted molar refractivity (Wildman–Crippen MR) is 79.6 cm³/mol. The molecule has 0 heterocycles. The van der Waals surface area contributed by atoms with Crippen molar-refractivity contribution in [2.75, 3.05) is 0 Å². The monoisotopic (exact) mass is 293 g/mol. The van der Waals surface area contributed by atoms with Gasteiger partial charge in [-0.2, -0.15) is 0 Å². The standard InChI is InChI=1S/C16H17ClFNO/c1-10-4-3-5-12(8-10)16(11(2)19)20-15-7-6-13(18)9-14(15)17/h3-9,11,16H,19H2,1-2H3. The largest absolute Gasteiger partial charge is 0.483 e. The number of halogens is 2. The predicted octanol–water partition coefficient (Wildman–Crippen LogP) is 4.25. The second-order valence-corrected chi connectivity index (χ2v) is 5.29. The first-order chi connectivity index (χ1) is 9.47. The van der Waals surface area contributed by atoms with Gasteiger partial charge in [-0.15, -0.1) is 0 Å². The number of benzene rings is 2. The Kier molecular flexibility index (Phi) is 4.63. The van der Waals surface area contributed by atoms with Crippen LogP contribution in [0.25, 0.3) is 0 Å². The van der Waals surface area contributed by atoms with E-state index in [1.807, 2.05) is 38.1 Å². The van der Waals surface area contributed by atoms with Crippen molar-refractivity contribution >= 4 is 11.6 Å². The van der Waals surface area contributed by atoms with E-state index in [1.54, 1.807) is 0 Å². The van der Waals surface area contributed by atoms with Crippen LogP contribution in [0.4, 0.5) is 4.39 Å². The highest BCUT2D eigenvalue weighted by Gasteiger charge is 2.19. The molecule has 0 aliphatic rings. The minimum Gasteiger partial charge on any atom is -0.483 e. The summed E-state index contributed by atoms with van der Waals surface area (Å²) in [6.07, 6.45) is -0.335. The Morgan fingerprint density at radius 1 is 1.20 bits per heavy atom. The van der Waals surface area contributed by atoms with Gasteiger partial charge in [0.2, 0.25) is 0 Å². The van der Waals surface area contributed by atoms with Crippen molar-refractivity contribution in [1.82, 2.24) is 0 Å². The van der Waals surface area contributed by atoms with Gasteiger partial charge in [0.25, 0.3) is 0 Å². The number of hydrogen-bond acceptors (Lipinski definition) is 2. The number of nitrogens with two attached hydrogens (primary N) is 1. The Bertz CT molecular complexity index is 601. The Balaban J connectivity index is 2.30. The quantitative estimate of drug-likeness (QED) is 0.914. The first-order valence-corrected chi connectivity index (χ1v) is 6.79. The van der Waals surface area contributed by atoms with Crippen LogP contribution in [0.1, 0.15) is 24.2 Å². The highest BCUT2D eigenvalue weighted by atomic mass is 35.5. The van der Waals surface area contributed by atoms with E-state index in [-0.39, 0.29) is 17.2 Å². The molecule has 2 nitrogen and oxygen atoms in total. The van der Waals surface area contributed by atoms with Gasteiger partial charge in [-0.25, -0.2) is 4.39 Å². The third-order valence-electron chi connectivity index (χ3n) is 3.00. The first-order valence-electron chi connectivity index (χ1n) is 6.41. The molecule has 2 rings (SSSR count). The highest BCUT2D eigenvalue weighted by Crippen LogP contribution is 2.31. The molecule has 2 unspecified atom stereocenters. The third-order valence-corrected chi connectivity index (χ3v) is 3.29. The van der Waals surface area contributed by atoms with Gasteiger partial charge in [0.15, 0.2) is 0 Å². The van der Waals surface area contributed by atoms with Gasteiger partial charge in [0.1, 0.15) is 17.7 Å². The molecule has 2 aromatic rings. The Labute approximate surface area is 123 Å². The fourth-order valence-corrected chi connectivity index (χ4v) is 2.25.